The lowest BCUT2D eigenvalue weighted by Gasteiger charge is -2.37. The van der Waals surface area contributed by atoms with E-state index < -0.39 is 0 Å². The molecule has 2 aliphatic carbocycles. The minimum atomic E-state index is 0.582. The lowest BCUT2D eigenvalue weighted by atomic mass is 9.88. The van der Waals surface area contributed by atoms with Crippen molar-refractivity contribution in [3.8, 4) is 0 Å². The summed E-state index contributed by atoms with van der Waals surface area (Å²) >= 11 is 0. The van der Waals surface area contributed by atoms with Crippen LogP contribution >= 0.6 is 0 Å². The zero-order valence-corrected chi connectivity index (χ0v) is 9.51. The van der Waals surface area contributed by atoms with E-state index in [1.165, 1.54) is 25.7 Å². The van der Waals surface area contributed by atoms with E-state index in [1.807, 2.05) is 0 Å². The van der Waals surface area contributed by atoms with Crippen molar-refractivity contribution in [2.45, 2.75) is 45.1 Å². The Bertz CT molecular complexity index is 183. The molecule has 2 saturated carbocycles. The van der Waals surface area contributed by atoms with Gasteiger partial charge in [-0.15, -0.1) is 0 Å². The predicted molar refractivity (Wildman–Crippen MR) is 56.7 cm³/mol. The Kier molecular flexibility index (Phi) is 2.18. The zero-order chi connectivity index (χ0) is 9.64. The highest BCUT2D eigenvalue weighted by molar-refractivity contribution is 5.06. The Morgan fingerprint density at radius 3 is 1.77 bits per heavy atom. The maximum atomic E-state index is 2.52. The molecule has 1 nitrogen and oxygen atoms in total. The first-order chi connectivity index (χ1) is 6.04. The van der Waals surface area contributed by atoms with Crippen molar-refractivity contribution in [2.75, 3.05) is 14.1 Å². The third kappa shape index (κ3) is 1.32. The van der Waals surface area contributed by atoms with Crippen LogP contribution in [-0.4, -0.2) is 24.5 Å². The highest BCUT2D eigenvalue weighted by Crippen LogP contribution is 2.54. The summed E-state index contributed by atoms with van der Waals surface area (Å²) in [6, 6.07) is 0. The summed E-state index contributed by atoms with van der Waals surface area (Å²) in [6.07, 6.45) is 5.83. The maximum absolute atomic E-state index is 2.52. The fourth-order valence-electron chi connectivity index (χ4n) is 4.03. The number of fused-ring (bicyclic) bond motifs is 1. The molecule has 2 fully saturated rings. The second-order valence-corrected chi connectivity index (χ2v) is 5.78. The second-order valence-electron chi connectivity index (χ2n) is 5.78. The third-order valence-electron chi connectivity index (χ3n) is 4.43. The smallest absolute Gasteiger partial charge is 0.0236 e. The molecular weight excluding hydrogens is 158 g/mol. The van der Waals surface area contributed by atoms with Crippen LogP contribution in [0.3, 0.4) is 0 Å². The highest BCUT2D eigenvalue weighted by atomic mass is 15.2. The quantitative estimate of drug-likeness (QED) is 0.601. The van der Waals surface area contributed by atoms with Crippen LogP contribution in [0.25, 0.3) is 0 Å². The van der Waals surface area contributed by atoms with Gasteiger partial charge < -0.3 is 4.90 Å². The molecule has 1 heteroatoms. The van der Waals surface area contributed by atoms with Crippen LogP contribution in [0.2, 0.25) is 0 Å². The Morgan fingerprint density at radius 1 is 1.00 bits per heavy atom. The fraction of sp³-hybridized carbons (Fsp3) is 1.00. The Morgan fingerprint density at radius 2 is 1.46 bits per heavy atom. The Balaban J connectivity index is 2.21. The first-order valence-corrected chi connectivity index (χ1v) is 5.72. The van der Waals surface area contributed by atoms with E-state index in [1.54, 1.807) is 0 Å². The van der Waals surface area contributed by atoms with Gasteiger partial charge in [-0.25, -0.2) is 0 Å². The molecule has 0 aromatic carbocycles. The van der Waals surface area contributed by atoms with E-state index >= 15 is 0 Å². The normalized spacial score (nSPS) is 50.1. The number of hydrogen-bond acceptors (Lipinski definition) is 1. The molecule has 2 aliphatic rings. The van der Waals surface area contributed by atoms with Gasteiger partial charge in [0.25, 0.3) is 0 Å². The minimum Gasteiger partial charge on any atom is -0.303 e. The molecule has 13 heavy (non-hydrogen) atoms. The van der Waals surface area contributed by atoms with E-state index in [-0.39, 0.29) is 0 Å². The summed E-state index contributed by atoms with van der Waals surface area (Å²) in [4.78, 5) is 2.52. The maximum Gasteiger partial charge on any atom is 0.0236 e. The first kappa shape index (κ1) is 9.51. The molecule has 0 bridgehead atoms. The summed E-state index contributed by atoms with van der Waals surface area (Å²) in [7, 11) is 4.56. The van der Waals surface area contributed by atoms with Crippen LogP contribution in [-0.2, 0) is 0 Å². The summed E-state index contributed by atoms with van der Waals surface area (Å²) in [5.74, 6) is 2.91. The number of rotatable bonds is 1. The number of hydrogen-bond donors (Lipinski definition) is 0. The molecule has 2 rings (SSSR count). The highest BCUT2D eigenvalue weighted by Gasteiger charge is 2.52. The summed E-state index contributed by atoms with van der Waals surface area (Å²) in [5.41, 5.74) is 0.582. The Hall–Kier alpha value is -0.0400. The van der Waals surface area contributed by atoms with Crippen molar-refractivity contribution < 1.29 is 0 Å². The fourth-order valence-corrected chi connectivity index (χ4v) is 4.03. The van der Waals surface area contributed by atoms with Gasteiger partial charge >= 0.3 is 0 Å². The van der Waals surface area contributed by atoms with Crippen molar-refractivity contribution in [1.82, 2.24) is 4.90 Å². The number of nitrogens with zero attached hydrogens (tertiary/aromatic N) is 1. The third-order valence-corrected chi connectivity index (χ3v) is 4.43. The molecule has 0 aromatic rings. The van der Waals surface area contributed by atoms with Crippen LogP contribution in [0.5, 0.6) is 0 Å². The molecule has 0 aromatic heterocycles. The Labute approximate surface area is 82.5 Å². The zero-order valence-electron chi connectivity index (χ0n) is 9.51. The minimum absolute atomic E-state index is 0.582. The van der Waals surface area contributed by atoms with E-state index in [0.29, 0.717) is 5.54 Å². The van der Waals surface area contributed by atoms with Gasteiger partial charge in [-0.2, -0.15) is 0 Å². The summed E-state index contributed by atoms with van der Waals surface area (Å²) < 4.78 is 0. The first-order valence-electron chi connectivity index (χ1n) is 5.72. The lowest BCUT2D eigenvalue weighted by Crippen LogP contribution is -2.44. The SMILES string of the molecule is CC1CC2CC(C)CC2(N(C)C)C1. The largest absolute Gasteiger partial charge is 0.303 e. The van der Waals surface area contributed by atoms with E-state index in [9.17, 15) is 0 Å². The summed E-state index contributed by atoms with van der Waals surface area (Å²) in [6.45, 7) is 4.85. The van der Waals surface area contributed by atoms with Crippen LogP contribution in [0.4, 0.5) is 0 Å². The van der Waals surface area contributed by atoms with E-state index in [4.69, 9.17) is 0 Å². The lowest BCUT2D eigenvalue weighted by molar-refractivity contribution is 0.123. The van der Waals surface area contributed by atoms with Crippen LogP contribution in [0.1, 0.15) is 39.5 Å². The van der Waals surface area contributed by atoms with Gasteiger partial charge in [0, 0.05) is 5.54 Å². The van der Waals surface area contributed by atoms with Crippen LogP contribution in [0, 0.1) is 17.8 Å². The van der Waals surface area contributed by atoms with Crippen LogP contribution in [0.15, 0.2) is 0 Å². The molecule has 76 valence electrons. The van der Waals surface area contributed by atoms with Crippen molar-refractivity contribution in [3.63, 3.8) is 0 Å². The molecule has 2 unspecified atom stereocenters. The average molecular weight is 181 g/mol. The van der Waals surface area contributed by atoms with Gasteiger partial charge in [0.15, 0.2) is 0 Å². The van der Waals surface area contributed by atoms with Gasteiger partial charge in [-0.1, -0.05) is 13.8 Å². The molecule has 0 heterocycles. The molecule has 2 atom stereocenters. The molecular formula is C12H23N. The van der Waals surface area contributed by atoms with Gasteiger partial charge in [-0.3, -0.25) is 0 Å². The predicted octanol–water partition coefficient (Wildman–Crippen LogP) is 2.76. The van der Waals surface area contributed by atoms with E-state index in [0.717, 1.165) is 17.8 Å². The van der Waals surface area contributed by atoms with Crippen molar-refractivity contribution in [3.05, 3.63) is 0 Å². The molecule has 0 saturated heterocycles. The molecule has 0 aliphatic heterocycles. The molecule has 0 radical (unpaired) electrons. The van der Waals surface area contributed by atoms with Crippen molar-refractivity contribution in [1.29, 1.82) is 0 Å². The molecule has 0 amide bonds. The monoisotopic (exact) mass is 181 g/mol. The van der Waals surface area contributed by atoms with Crippen molar-refractivity contribution in [2.24, 2.45) is 17.8 Å². The average Bonchev–Trinajstić information content (AvgIpc) is 2.40. The topological polar surface area (TPSA) is 3.24 Å². The molecule has 0 spiro atoms. The standard InChI is InChI=1S/C12H23N/c1-9-5-11-6-10(2)8-12(11,7-9)13(3)4/h9-11H,5-8H2,1-4H3. The van der Waals surface area contributed by atoms with Crippen molar-refractivity contribution >= 4 is 0 Å². The van der Waals surface area contributed by atoms with Gasteiger partial charge in [0.05, 0.1) is 0 Å². The van der Waals surface area contributed by atoms with Gasteiger partial charge in [-0.05, 0) is 57.5 Å². The second kappa shape index (κ2) is 2.98. The van der Waals surface area contributed by atoms with Crippen LogP contribution < -0.4 is 0 Å². The summed E-state index contributed by atoms with van der Waals surface area (Å²) in [5, 5.41) is 0. The molecule has 0 N–H and O–H groups in total. The van der Waals surface area contributed by atoms with Gasteiger partial charge in [0.2, 0.25) is 0 Å². The van der Waals surface area contributed by atoms with Gasteiger partial charge in [0.1, 0.15) is 0 Å². The van der Waals surface area contributed by atoms with E-state index in [2.05, 4.69) is 32.8 Å².